The molecule has 0 N–H and O–H groups in total. The third-order valence-corrected chi connectivity index (χ3v) is 9.88. The number of carbonyl (C=O) groups excluding carboxylic acids is 3. The van der Waals surface area contributed by atoms with Gasteiger partial charge in [0.25, 0.3) is 5.69 Å². The summed E-state index contributed by atoms with van der Waals surface area (Å²) in [5, 5.41) is 11.7. The van der Waals surface area contributed by atoms with Gasteiger partial charge in [0.05, 0.1) is 33.3 Å². The molecule has 2 fully saturated rings. The van der Waals surface area contributed by atoms with Crippen LogP contribution in [0.4, 0.5) is 11.4 Å². The van der Waals surface area contributed by atoms with E-state index in [1.807, 2.05) is 121 Å². The molecule has 4 atom stereocenters. The molecule has 1 aliphatic heterocycles. The smallest absolute Gasteiger partial charge is 0.271 e. The highest BCUT2D eigenvalue weighted by Gasteiger charge is 2.82. The van der Waals surface area contributed by atoms with Gasteiger partial charge < -0.3 is 0 Å². The highest BCUT2D eigenvalue weighted by Crippen LogP contribution is 2.74. The van der Waals surface area contributed by atoms with Gasteiger partial charge in [0.15, 0.2) is 5.78 Å². The molecule has 7 nitrogen and oxygen atoms in total. The minimum Gasteiger partial charge on any atom is -0.297 e. The Balaban J connectivity index is 1.53. The topological polar surface area (TPSA) is 97.6 Å². The number of imide groups is 1. The first-order chi connectivity index (χ1) is 22.4. The van der Waals surface area contributed by atoms with E-state index in [0.29, 0.717) is 22.3 Å². The highest BCUT2D eigenvalue weighted by molar-refractivity contribution is 6.39. The van der Waals surface area contributed by atoms with Crippen LogP contribution in [0, 0.1) is 22.0 Å². The van der Waals surface area contributed by atoms with Crippen molar-refractivity contribution in [2.75, 3.05) is 4.90 Å². The second-order valence-corrected chi connectivity index (χ2v) is 11.9. The molecule has 1 heterocycles. The Labute approximate surface area is 264 Å². The number of benzene rings is 5. The Bertz CT molecular complexity index is 1980. The number of hydrogen-bond acceptors (Lipinski definition) is 5. The number of fused-ring (bicyclic) bond motifs is 5. The number of nitrogens with zero attached hydrogens (tertiary/aromatic N) is 2. The molecule has 0 aromatic heterocycles. The molecular weight excluding hydrogens is 576 g/mol. The van der Waals surface area contributed by atoms with Crippen molar-refractivity contribution in [1.29, 1.82) is 0 Å². The molecule has 0 spiro atoms. The zero-order valence-corrected chi connectivity index (χ0v) is 24.4. The van der Waals surface area contributed by atoms with Gasteiger partial charge in [0, 0.05) is 12.1 Å². The van der Waals surface area contributed by atoms with Crippen LogP contribution in [-0.4, -0.2) is 22.5 Å². The molecule has 5 aromatic carbocycles. The monoisotopic (exact) mass is 602 g/mol. The fourth-order valence-electron chi connectivity index (χ4n) is 8.33. The summed E-state index contributed by atoms with van der Waals surface area (Å²) in [5.74, 6) is -3.52. The standard InChI is InChI=1S/C39H26N2O5/c42-35-33-34(36(43)40(35)29-22-13-23-30(24-29)41(45)46)39(28-20-11-4-12-21-28)32(26-16-7-2-8-17-26)31(25-14-5-1-6-15-25)38(33,37(39)44)27-18-9-3-10-19-27/h1-24,33-34H/t33-,34-,38-,39-/m1/s1. The normalized spacial score (nSPS) is 24.9. The van der Waals surface area contributed by atoms with Gasteiger partial charge in [-0.3, -0.25) is 24.5 Å². The molecule has 5 aromatic rings. The predicted molar refractivity (Wildman–Crippen MR) is 174 cm³/mol. The van der Waals surface area contributed by atoms with E-state index in [1.165, 1.54) is 24.3 Å². The van der Waals surface area contributed by atoms with Crippen molar-refractivity contribution in [2.45, 2.75) is 10.8 Å². The Morgan fingerprint density at radius 1 is 0.543 bits per heavy atom. The minimum absolute atomic E-state index is 0.111. The molecule has 2 amide bonds. The fraction of sp³-hybridized carbons (Fsp3) is 0.103. The number of nitro groups is 1. The van der Waals surface area contributed by atoms with Gasteiger partial charge in [-0.25, -0.2) is 4.90 Å². The lowest BCUT2D eigenvalue weighted by Gasteiger charge is -2.39. The molecule has 1 saturated carbocycles. The molecule has 46 heavy (non-hydrogen) atoms. The summed E-state index contributed by atoms with van der Waals surface area (Å²) in [6, 6.07) is 43.3. The second-order valence-electron chi connectivity index (χ2n) is 11.9. The fourth-order valence-corrected chi connectivity index (χ4v) is 8.33. The maximum atomic E-state index is 15.8. The molecule has 3 aliphatic rings. The van der Waals surface area contributed by atoms with Crippen LogP contribution in [0.25, 0.3) is 11.1 Å². The van der Waals surface area contributed by atoms with Crippen molar-refractivity contribution in [3.8, 4) is 0 Å². The molecule has 2 aliphatic carbocycles. The highest BCUT2D eigenvalue weighted by atomic mass is 16.6. The minimum atomic E-state index is -1.53. The van der Waals surface area contributed by atoms with Crippen molar-refractivity contribution in [3.63, 3.8) is 0 Å². The Morgan fingerprint density at radius 2 is 0.957 bits per heavy atom. The number of carbonyl (C=O) groups is 3. The maximum absolute atomic E-state index is 15.8. The average molecular weight is 603 g/mol. The van der Waals surface area contributed by atoms with Crippen molar-refractivity contribution >= 4 is 40.1 Å². The lowest BCUT2D eigenvalue weighted by molar-refractivity contribution is -0.384. The zero-order chi connectivity index (χ0) is 31.6. The molecule has 222 valence electrons. The second kappa shape index (κ2) is 10.0. The summed E-state index contributed by atoms with van der Waals surface area (Å²) in [5.41, 5.74) is 1.02. The molecule has 0 radical (unpaired) electrons. The lowest BCUT2D eigenvalue weighted by Crippen LogP contribution is -2.45. The van der Waals surface area contributed by atoms with E-state index in [4.69, 9.17) is 0 Å². The lowest BCUT2D eigenvalue weighted by atomic mass is 9.59. The molecule has 1 saturated heterocycles. The first-order valence-electron chi connectivity index (χ1n) is 15.1. The number of anilines is 1. The third-order valence-electron chi connectivity index (χ3n) is 9.88. The van der Waals surface area contributed by atoms with Crippen LogP contribution in [0.1, 0.15) is 22.3 Å². The summed E-state index contributed by atoms with van der Waals surface area (Å²) in [7, 11) is 0. The number of nitro benzene ring substituents is 1. The summed E-state index contributed by atoms with van der Waals surface area (Å²) in [4.78, 5) is 57.9. The molecule has 2 bridgehead atoms. The van der Waals surface area contributed by atoms with E-state index in [2.05, 4.69) is 0 Å². The van der Waals surface area contributed by atoms with Gasteiger partial charge in [-0.2, -0.15) is 0 Å². The number of non-ortho nitro benzene ring substituents is 1. The number of ketones is 1. The van der Waals surface area contributed by atoms with Crippen LogP contribution in [0.3, 0.4) is 0 Å². The first kappa shape index (κ1) is 27.6. The Hall–Kier alpha value is -5.95. The van der Waals surface area contributed by atoms with E-state index in [-0.39, 0.29) is 17.2 Å². The van der Waals surface area contributed by atoms with Crippen LogP contribution < -0.4 is 4.90 Å². The van der Waals surface area contributed by atoms with Crippen molar-refractivity contribution in [1.82, 2.24) is 0 Å². The van der Waals surface area contributed by atoms with Crippen LogP contribution in [0.15, 0.2) is 146 Å². The largest absolute Gasteiger partial charge is 0.297 e. The summed E-state index contributed by atoms with van der Waals surface area (Å²) >= 11 is 0. The van der Waals surface area contributed by atoms with Crippen LogP contribution >= 0.6 is 0 Å². The molecule has 8 rings (SSSR count). The maximum Gasteiger partial charge on any atom is 0.271 e. The number of Topliss-reactive ketones (excluding diaryl/α,β-unsaturated/α-hetero) is 1. The van der Waals surface area contributed by atoms with E-state index in [9.17, 15) is 19.7 Å². The van der Waals surface area contributed by atoms with Crippen LogP contribution in [0.5, 0.6) is 0 Å². The molecule has 7 heteroatoms. The molecular formula is C39H26N2O5. The van der Waals surface area contributed by atoms with Gasteiger partial charge in [-0.05, 0) is 39.5 Å². The van der Waals surface area contributed by atoms with Gasteiger partial charge in [-0.1, -0.05) is 127 Å². The van der Waals surface area contributed by atoms with E-state index in [1.54, 1.807) is 0 Å². The van der Waals surface area contributed by atoms with Gasteiger partial charge in [-0.15, -0.1) is 0 Å². The Morgan fingerprint density at radius 3 is 1.37 bits per heavy atom. The number of amides is 2. The van der Waals surface area contributed by atoms with Crippen molar-refractivity contribution < 1.29 is 19.3 Å². The van der Waals surface area contributed by atoms with Gasteiger partial charge in [0.2, 0.25) is 11.8 Å². The quantitative estimate of drug-likeness (QED) is 0.121. The van der Waals surface area contributed by atoms with Crippen molar-refractivity contribution in [2.24, 2.45) is 11.8 Å². The Kier molecular flexibility index (Phi) is 6.02. The summed E-state index contributed by atoms with van der Waals surface area (Å²) in [6.07, 6.45) is 0. The first-order valence-corrected chi connectivity index (χ1v) is 15.1. The van der Waals surface area contributed by atoms with E-state index >= 15 is 4.79 Å². The third kappa shape index (κ3) is 3.39. The van der Waals surface area contributed by atoms with Gasteiger partial charge >= 0.3 is 0 Å². The summed E-state index contributed by atoms with van der Waals surface area (Å²) in [6.45, 7) is 0. The van der Waals surface area contributed by atoms with Crippen LogP contribution in [0.2, 0.25) is 0 Å². The average Bonchev–Trinajstić information content (AvgIpc) is 3.62. The molecule has 0 unspecified atom stereocenters. The van der Waals surface area contributed by atoms with E-state index in [0.717, 1.165) is 16.0 Å². The SMILES string of the molecule is O=C1[C@H]2[C@H](C(=O)N1c1cccc([N+](=O)[O-])c1)[C@]1(c3ccccc3)C(=O)[C@]2(c2ccccc2)C(c2ccccc2)=C1c1ccccc1. The van der Waals surface area contributed by atoms with Crippen molar-refractivity contribution in [3.05, 3.63) is 178 Å². The number of allylic oxidation sites excluding steroid dienone is 2. The van der Waals surface area contributed by atoms with Crippen LogP contribution in [-0.2, 0) is 25.2 Å². The van der Waals surface area contributed by atoms with E-state index < -0.39 is 39.4 Å². The summed E-state index contributed by atoms with van der Waals surface area (Å²) < 4.78 is 0. The number of hydrogen-bond donors (Lipinski definition) is 0. The number of rotatable bonds is 6. The zero-order valence-electron chi connectivity index (χ0n) is 24.4. The van der Waals surface area contributed by atoms with Gasteiger partial charge in [0.1, 0.15) is 0 Å². The predicted octanol–water partition coefficient (Wildman–Crippen LogP) is 6.78.